The van der Waals surface area contributed by atoms with Crippen LogP contribution in [0.5, 0.6) is 0 Å². The Morgan fingerprint density at radius 3 is 2.58 bits per heavy atom. The van der Waals surface area contributed by atoms with E-state index in [1.807, 2.05) is 24.3 Å². The lowest BCUT2D eigenvalue weighted by molar-refractivity contribution is 1.44. The molecule has 0 saturated carbocycles. The molecular formula is C8H5Br2ClS. The molecule has 1 aromatic carbocycles. The van der Waals surface area contributed by atoms with E-state index in [0.29, 0.717) is 5.02 Å². The molecule has 12 heavy (non-hydrogen) atoms. The zero-order valence-electron chi connectivity index (χ0n) is 5.89. The van der Waals surface area contributed by atoms with Crippen molar-refractivity contribution in [1.82, 2.24) is 0 Å². The number of halogens is 3. The van der Waals surface area contributed by atoms with Gasteiger partial charge in [-0.15, -0.1) is 12.6 Å². The minimum absolute atomic E-state index is 0.693. The van der Waals surface area contributed by atoms with E-state index in [0.717, 1.165) is 13.9 Å². The fourth-order valence-electron chi connectivity index (χ4n) is 0.778. The monoisotopic (exact) mass is 326 g/mol. The van der Waals surface area contributed by atoms with Crippen LogP contribution in [0.2, 0.25) is 5.02 Å². The second-order valence-electron chi connectivity index (χ2n) is 2.11. The van der Waals surface area contributed by atoms with Gasteiger partial charge in [-0.2, -0.15) is 0 Å². The number of hydrogen-bond acceptors (Lipinski definition) is 1. The fourth-order valence-corrected chi connectivity index (χ4v) is 1.80. The lowest BCUT2D eigenvalue weighted by Crippen LogP contribution is -1.77. The van der Waals surface area contributed by atoms with Crippen molar-refractivity contribution in [1.29, 1.82) is 0 Å². The predicted molar refractivity (Wildman–Crippen MR) is 64.5 cm³/mol. The average molecular weight is 328 g/mol. The van der Waals surface area contributed by atoms with Gasteiger partial charge >= 0.3 is 0 Å². The van der Waals surface area contributed by atoms with Gasteiger partial charge in [0.05, 0.1) is 3.39 Å². The minimum atomic E-state index is 0.693. The summed E-state index contributed by atoms with van der Waals surface area (Å²) in [6.45, 7) is 0. The van der Waals surface area contributed by atoms with Crippen molar-refractivity contribution in [3.8, 4) is 0 Å². The highest BCUT2D eigenvalue weighted by molar-refractivity contribution is 9.28. The Bertz CT molecular complexity index is 299. The van der Waals surface area contributed by atoms with Crippen LogP contribution in [-0.2, 0) is 0 Å². The molecule has 0 aliphatic carbocycles. The van der Waals surface area contributed by atoms with Gasteiger partial charge in [-0.25, -0.2) is 0 Å². The lowest BCUT2D eigenvalue weighted by atomic mass is 10.2. The molecule has 0 radical (unpaired) electrons. The quantitative estimate of drug-likeness (QED) is 0.709. The van der Waals surface area contributed by atoms with Gasteiger partial charge in [0.15, 0.2) is 0 Å². The van der Waals surface area contributed by atoms with E-state index >= 15 is 0 Å². The van der Waals surface area contributed by atoms with Crippen LogP contribution in [0.4, 0.5) is 0 Å². The first-order valence-electron chi connectivity index (χ1n) is 3.11. The van der Waals surface area contributed by atoms with Crippen LogP contribution >= 0.6 is 56.1 Å². The minimum Gasteiger partial charge on any atom is -0.143 e. The summed E-state index contributed by atoms with van der Waals surface area (Å²) < 4.78 is 0.846. The number of rotatable bonds is 1. The van der Waals surface area contributed by atoms with Crippen LogP contribution in [0.1, 0.15) is 5.56 Å². The van der Waals surface area contributed by atoms with Crippen molar-refractivity contribution < 1.29 is 0 Å². The van der Waals surface area contributed by atoms with Gasteiger partial charge in [0.2, 0.25) is 0 Å². The summed E-state index contributed by atoms with van der Waals surface area (Å²) in [5.41, 5.74) is 0.909. The Hall–Kier alpha value is 0.560. The maximum atomic E-state index is 5.94. The summed E-state index contributed by atoms with van der Waals surface area (Å²) in [7, 11) is 0. The van der Waals surface area contributed by atoms with E-state index in [9.17, 15) is 0 Å². The summed E-state index contributed by atoms with van der Waals surface area (Å²) >= 11 is 16.7. The molecule has 0 aromatic heterocycles. The molecule has 1 aromatic rings. The van der Waals surface area contributed by atoms with E-state index < -0.39 is 0 Å². The summed E-state index contributed by atoms with van der Waals surface area (Å²) in [6, 6.07) is 5.59. The normalized spacial score (nSPS) is 9.67. The second kappa shape index (κ2) is 4.70. The molecule has 0 bridgehead atoms. The third kappa shape index (κ3) is 2.80. The van der Waals surface area contributed by atoms with E-state index in [2.05, 4.69) is 44.5 Å². The van der Waals surface area contributed by atoms with Crippen LogP contribution in [0, 0.1) is 0 Å². The highest BCUT2D eigenvalue weighted by Gasteiger charge is 2.00. The van der Waals surface area contributed by atoms with E-state index in [-0.39, 0.29) is 0 Å². The smallest absolute Gasteiger partial charge is 0.0610 e. The largest absolute Gasteiger partial charge is 0.143 e. The van der Waals surface area contributed by atoms with E-state index in [1.165, 1.54) is 0 Å². The topological polar surface area (TPSA) is 0 Å². The molecule has 0 heterocycles. The standard InChI is InChI=1S/C8H5Br2ClS/c9-8(10)4-5-6(11)2-1-3-7(5)12/h1-4,12H. The summed E-state index contributed by atoms with van der Waals surface area (Å²) in [5, 5.41) is 0.693. The van der Waals surface area contributed by atoms with E-state index in [4.69, 9.17) is 11.6 Å². The molecule has 0 saturated heterocycles. The SMILES string of the molecule is Sc1cccc(Cl)c1C=C(Br)Br. The molecule has 0 nitrogen and oxygen atoms in total. The van der Waals surface area contributed by atoms with Gasteiger partial charge in [0.1, 0.15) is 0 Å². The maximum absolute atomic E-state index is 5.94. The van der Waals surface area contributed by atoms with Crippen LogP contribution in [-0.4, -0.2) is 0 Å². The lowest BCUT2D eigenvalue weighted by Gasteiger charge is -2.01. The Morgan fingerprint density at radius 2 is 2.08 bits per heavy atom. The average Bonchev–Trinajstić information content (AvgIpc) is 1.97. The van der Waals surface area contributed by atoms with Gasteiger partial charge in [-0.05, 0) is 50.1 Å². The zero-order valence-corrected chi connectivity index (χ0v) is 10.7. The third-order valence-corrected chi connectivity index (χ3v) is 2.46. The Labute approximate surface area is 98.7 Å². The fraction of sp³-hybridized carbons (Fsp3) is 0. The highest BCUT2D eigenvalue weighted by Crippen LogP contribution is 2.28. The molecule has 0 amide bonds. The number of benzene rings is 1. The second-order valence-corrected chi connectivity index (χ2v) is 5.77. The van der Waals surface area contributed by atoms with Crippen LogP contribution < -0.4 is 0 Å². The van der Waals surface area contributed by atoms with Crippen LogP contribution in [0.15, 0.2) is 26.5 Å². The molecule has 0 aliphatic heterocycles. The van der Waals surface area contributed by atoms with E-state index in [1.54, 1.807) is 0 Å². The molecule has 1 rings (SSSR count). The van der Waals surface area contributed by atoms with Gasteiger partial charge in [0.25, 0.3) is 0 Å². The Balaban J connectivity index is 3.22. The maximum Gasteiger partial charge on any atom is 0.0610 e. The molecule has 0 aliphatic rings. The number of thiol groups is 1. The molecule has 4 heteroatoms. The molecule has 64 valence electrons. The van der Waals surface area contributed by atoms with Gasteiger partial charge in [-0.3, -0.25) is 0 Å². The Morgan fingerprint density at radius 1 is 1.42 bits per heavy atom. The van der Waals surface area contributed by atoms with Crippen LogP contribution in [0.3, 0.4) is 0 Å². The summed E-state index contributed by atoms with van der Waals surface area (Å²) in [5.74, 6) is 0. The molecule has 0 spiro atoms. The van der Waals surface area contributed by atoms with Crippen LogP contribution in [0.25, 0.3) is 6.08 Å². The third-order valence-electron chi connectivity index (χ3n) is 1.28. The van der Waals surface area contributed by atoms with Gasteiger partial charge in [0, 0.05) is 15.5 Å². The predicted octanol–water partition coefficient (Wildman–Crippen LogP) is 4.72. The number of hydrogen-bond donors (Lipinski definition) is 1. The van der Waals surface area contributed by atoms with Crippen molar-refractivity contribution in [3.05, 3.63) is 32.2 Å². The summed E-state index contributed by atoms with van der Waals surface area (Å²) in [6.07, 6.45) is 1.87. The first kappa shape index (κ1) is 10.6. The Kier molecular flexibility index (Phi) is 4.17. The van der Waals surface area contributed by atoms with Gasteiger partial charge < -0.3 is 0 Å². The molecule has 0 unspecified atom stereocenters. The molecule has 0 fully saturated rings. The van der Waals surface area contributed by atoms with Crippen molar-refractivity contribution in [2.24, 2.45) is 0 Å². The summed E-state index contributed by atoms with van der Waals surface area (Å²) in [4.78, 5) is 0.860. The first-order valence-corrected chi connectivity index (χ1v) is 5.52. The molecule has 0 N–H and O–H groups in total. The van der Waals surface area contributed by atoms with Gasteiger partial charge in [-0.1, -0.05) is 17.7 Å². The van der Waals surface area contributed by atoms with Crippen molar-refractivity contribution in [2.75, 3.05) is 0 Å². The molecular weight excluding hydrogens is 323 g/mol. The zero-order chi connectivity index (χ0) is 9.14. The molecule has 0 atom stereocenters. The first-order chi connectivity index (χ1) is 5.61. The van der Waals surface area contributed by atoms with Crippen molar-refractivity contribution in [2.45, 2.75) is 4.90 Å². The van der Waals surface area contributed by atoms with Crippen molar-refractivity contribution in [3.63, 3.8) is 0 Å². The van der Waals surface area contributed by atoms with Crippen molar-refractivity contribution >= 4 is 62.2 Å². The highest BCUT2D eigenvalue weighted by atomic mass is 79.9.